The zero-order valence-electron chi connectivity index (χ0n) is 12.1. The van der Waals surface area contributed by atoms with Crippen LogP contribution in [-0.2, 0) is 4.79 Å². The van der Waals surface area contributed by atoms with Gasteiger partial charge in [-0.1, -0.05) is 31.8 Å². The molecule has 0 fully saturated rings. The maximum atomic E-state index is 10.5. The molecule has 1 N–H and O–H groups in total. The lowest BCUT2D eigenvalue weighted by atomic mass is 9.94. The number of alkyl halides is 1. The summed E-state index contributed by atoms with van der Waals surface area (Å²) < 4.78 is 0. The Labute approximate surface area is 116 Å². The van der Waals surface area contributed by atoms with E-state index in [1.807, 2.05) is 6.92 Å². The van der Waals surface area contributed by atoms with Crippen LogP contribution in [-0.4, -0.2) is 16.0 Å². The molecule has 18 heavy (non-hydrogen) atoms. The SMILES string of the molecule is CC(=CC(=O)O)CCCC(C)CCCC(C)(C)Cl. The lowest BCUT2D eigenvalue weighted by molar-refractivity contribution is -0.131. The van der Waals surface area contributed by atoms with Gasteiger partial charge < -0.3 is 5.11 Å². The molecule has 0 aliphatic carbocycles. The lowest BCUT2D eigenvalue weighted by Gasteiger charge is -2.17. The number of rotatable bonds is 9. The third-order valence-corrected chi connectivity index (χ3v) is 3.30. The molecule has 0 aliphatic rings. The summed E-state index contributed by atoms with van der Waals surface area (Å²) in [6, 6.07) is 0. The Hall–Kier alpha value is -0.500. The van der Waals surface area contributed by atoms with Gasteiger partial charge in [-0.25, -0.2) is 4.79 Å². The fourth-order valence-corrected chi connectivity index (χ4v) is 2.16. The minimum atomic E-state index is -0.843. The van der Waals surface area contributed by atoms with Crippen molar-refractivity contribution in [2.45, 2.75) is 71.1 Å². The van der Waals surface area contributed by atoms with E-state index in [9.17, 15) is 4.79 Å². The zero-order chi connectivity index (χ0) is 14.2. The van der Waals surface area contributed by atoms with Crippen LogP contribution in [0.3, 0.4) is 0 Å². The summed E-state index contributed by atoms with van der Waals surface area (Å²) >= 11 is 6.15. The Balaban J connectivity index is 3.65. The number of hydrogen-bond acceptors (Lipinski definition) is 1. The van der Waals surface area contributed by atoms with Crippen molar-refractivity contribution in [2.24, 2.45) is 5.92 Å². The fraction of sp³-hybridized carbons (Fsp3) is 0.800. The number of halogens is 1. The smallest absolute Gasteiger partial charge is 0.328 e. The normalized spacial score (nSPS) is 14.6. The van der Waals surface area contributed by atoms with Gasteiger partial charge >= 0.3 is 5.97 Å². The molecule has 1 unspecified atom stereocenters. The second-order valence-electron chi connectivity index (χ2n) is 5.94. The van der Waals surface area contributed by atoms with Crippen molar-refractivity contribution in [3.8, 4) is 0 Å². The predicted octanol–water partition coefficient (Wildman–Crippen LogP) is 5.01. The summed E-state index contributed by atoms with van der Waals surface area (Å²) in [6.07, 6.45) is 7.85. The summed E-state index contributed by atoms with van der Waals surface area (Å²) in [6.45, 7) is 8.25. The molecule has 0 aromatic carbocycles. The van der Waals surface area contributed by atoms with Crippen molar-refractivity contribution in [3.05, 3.63) is 11.6 Å². The summed E-state index contributed by atoms with van der Waals surface area (Å²) in [5, 5.41) is 8.60. The molecule has 0 saturated heterocycles. The molecule has 106 valence electrons. The highest BCUT2D eigenvalue weighted by Gasteiger charge is 2.13. The number of allylic oxidation sites excluding steroid dienone is 1. The number of hydrogen-bond donors (Lipinski definition) is 1. The molecule has 0 heterocycles. The second-order valence-corrected chi connectivity index (χ2v) is 6.96. The van der Waals surface area contributed by atoms with Crippen LogP contribution >= 0.6 is 11.6 Å². The molecule has 3 heteroatoms. The van der Waals surface area contributed by atoms with Gasteiger partial charge in [0.25, 0.3) is 0 Å². The molecular weight excluding hydrogens is 248 g/mol. The maximum Gasteiger partial charge on any atom is 0.328 e. The van der Waals surface area contributed by atoms with Crippen LogP contribution in [0, 0.1) is 5.92 Å². The van der Waals surface area contributed by atoms with Gasteiger partial charge in [0.15, 0.2) is 0 Å². The zero-order valence-corrected chi connectivity index (χ0v) is 12.9. The number of carboxylic acids is 1. The average molecular weight is 275 g/mol. The van der Waals surface area contributed by atoms with Crippen LogP contribution < -0.4 is 0 Å². The highest BCUT2D eigenvalue weighted by molar-refractivity contribution is 6.23. The molecule has 0 aromatic heterocycles. The van der Waals surface area contributed by atoms with Gasteiger partial charge in [-0.05, 0) is 46.0 Å². The Morgan fingerprint density at radius 3 is 2.39 bits per heavy atom. The van der Waals surface area contributed by atoms with Crippen molar-refractivity contribution >= 4 is 17.6 Å². The van der Waals surface area contributed by atoms with E-state index in [0.29, 0.717) is 5.92 Å². The third-order valence-electron chi connectivity index (χ3n) is 3.11. The van der Waals surface area contributed by atoms with Crippen molar-refractivity contribution in [3.63, 3.8) is 0 Å². The molecule has 0 radical (unpaired) electrons. The van der Waals surface area contributed by atoms with Gasteiger partial charge in [-0.3, -0.25) is 0 Å². The number of aliphatic carboxylic acids is 1. The highest BCUT2D eigenvalue weighted by Crippen LogP contribution is 2.24. The summed E-state index contributed by atoms with van der Waals surface area (Å²) in [5.74, 6) is -0.147. The number of carboxylic acid groups (broad SMARTS) is 1. The van der Waals surface area contributed by atoms with Gasteiger partial charge in [0.2, 0.25) is 0 Å². The molecule has 0 bridgehead atoms. The van der Waals surface area contributed by atoms with E-state index < -0.39 is 5.97 Å². The Kier molecular flexibility index (Phi) is 8.34. The van der Waals surface area contributed by atoms with E-state index >= 15 is 0 Å². The van der Waals surface area contributed by atoms with Crippen molar-refractivity contribution in [2.75, 3.05) is 0 Å². The van der Waals surface area contributed by atoms with E-state index in [0.717, 1.165) is 31.3 Å². The van der Waals surface area contributed by atoms with Crippen LogP contribution in [0.4, 0.5) is 0 Å². The van der Waals surface area contributed by atoms with Gasteiger partial charge in [0, 0.05) is 11.0 Å². The first-order valence-electron chi connectivity index (χ1n) is 6.80. The predicted molar refractivity (Wildman–Crippen MR) is 78.2 cm³/mol. The van der Waals surface area contributed by atoms with Gasteiger partial charge in [0.05, 0.1) is 0 Å². The van der Waals surface area contributed by atoms with Crippen molar-refractivity contribution in [1.29, 1.82) is 0 Å². The third kappa shape index (κ3) is 12.0. The Morgan fingerprint density at radius 2 is 1.89 bits per heavy atom. The highest BCUT2D eigenvalue weighted by atomic mass is 35.5. The minimum Gasteiger partial charge on any atom is -0.478 e. The Morgan fingerprint density at radius 1 is 1.33 bits per heavy atom. The fourth-order valence-electron chi connectivity index (χ4n) is 2.03. The van der Waals surface area contributed by atoms with Crippen molar-refractivity contribution < 1.29 is 9.90 Å². The first-order valence-corrected chi connectivity index (χ1v) is 7.17. The summed E-state index contributed by atoms with van der Waals surface area (Å²) in [4.78, 5) is 10.4. The average Bonchev–Trinajstić information content (AvgIpc) is 2.13. The molecule has 0 rings (SSSR count). The standard InChI is InChI=1S/C15H27ClO2/c1-12(9-6-10-15(3,4)16)7-5-8-13(2)11-14(17)18/h11-12H,5-10H2,1-4H3,(H,17,18). The molecule has 2 nitrogen and oxygen atoms in total. The number of carbonyl (C=O) groups is 1. The van der Waals surface area contributed by atoms with E-state index in [1.54, 1.807) is 0 Å². The largest absolute Gasteiger partial charge is 0.478 e. The van der Waals surface area contributed by atoms with Crippen LogP contribution in [0.5, 0.6) is 0 Å². The molecular formula is C15H27ClO2. The van der Waals surface area contributed by atoms with Gasteiger partial charge in [-0.2, -0.15) is 0 Å². The molecule has 0 aliphatic heterocycles. The van der Waals surface area contributed by atoms with E-state index in [4.69, 9.17) is 16.7 Å². The molecule has 0 amide bonds. The lowest BCUT2D eigenvalue weighted by Crippen LogP contribution is -2.10. The topological polar surface area (TPSA) is 37.3 Å². The van der Waals surface area contributed by atoms with Crippen LogP contribution in [0.1, 0.15) is 66.2 Å². The van der Waals surface area contributed by atoms with Crippen LogP contribution in [0.15, 0.2) is 11.6 Å². The minimum absolute atomic E-state index is 0.0828. The van der Waals surface area contributed by atoms with Crippen LogP contribution in [0.25, 0.3) is 0 Å². The molecule has 0 spiro atoms. The monoisotopic (exact) mass is 274 g/mol. The molecule has 0 aromatic rings. The van der Waals surface area contributed by atoms with E-state index in [2.05, 4.69) is 20.8 Å². The van der Waals surface area contributed by atoms with Crippen LogP contribution in [0.2, 0.25) is 0 Å². The van der Waals surface area contributed by atoms with Gasteiger partial charge in [-0.15, -0.1) is 11.6 Å². The van der Waals surface area contributed by atoms with Crippen molar-refractivity contribution in [1.82, 2.24) is 0 Å². The summed E-state index contributed by atoms with van der Waals surface area (Å²) in [7, 11) is 0. The second kappa shape index (κ2) is 8.58. The molecule has 1 atom stereocenters. The molecule has 0 saturated carbocycles. The first-order chi connectivity index (χ1) is 8.20. The van der Waals surface area contributed by atoms with E-state index in [1.165, 1.54) is 18.9 Å². The maximum absolute atomic E-state index is 10.5. The quantitative estimate of drug-likeness (QED) is 0.474. The first kappa shape index (κ1) is 17.5. The van der Waals surface area contributed by atoms with Gasteiger partial charge in [0.1, 0.15) is 0 Å². The summed E-state index contributed by atoms with van der Waals surface area (Å²) in [5.41, 5.74) is 0.955. The Bertz CT molecular complexity index is 277. The van der Waals surface area contributed by atoms with E-state index in [-0.39, 0.29) is 4.87 Å².